The van der Waals surface area contributed by atoms with Crippen molar-refractivity contribution in [3.05, 3.63) is 66.7 Å². The van der Waals surface area contributed by atoms with Gasteiger partial charge in [-0.15, -0.1) is 0 Å². The normalized spacial score (nSPS) is 17.5. The lowest BCUT2D eigenvalue weighted by Gasteiger charge is -2.27. The summed E-state index contributed by atoms with van der Waals surface area (Å²) in [6.07, 6.45) is 17.0. The highest BCUT2D eigenvalue weighted by Crippen LogP contribution is 2.28. The van der Waals surface area contributed by atoms with Crippen molar-refractivity contribution in [3.8, 4) is 16.8 Å². The Morgan fingerprint density at radius 3 is 2.37 bits per heavy atom. The fourth-order valence-corrected chi connectivity index (χ4v) is 5.54. The monoisotopic (exact) mass is 466 g/mol. The maximum atomic E-state index is 4.74. The molecular formula is C29H34N6. The van der Waals surface area contributed by atoms with E-state index in [9.17, 15) is 0 Å². The topological polar surface area (TPSA) is 50.1 Å². The number of likely N-dealkylation sites (tertiary alicyclic amines) is 1. The highest BCUT2D eigenvalue weighted by atomic mass is 15.3. The zero-order valence-corrected chi connectivity index (χ0v) is 20.4. The summed E-state index contributed by atoms with van der Waals surface area (Å²) in [6, 6.07) is 13.1. The van der Waals surface area contributed by atoms with Crippen molar-refractivity contribution >= 4 is 16.7 Å². The Balaban J connectivity index is 1.25. The fraction of sp³-hybridized carbons (Fsp3) is 0.414. The first-order chi connectivity index (χ1) is 17.3. The molecule has 0 spiro atoms. The average Bonchev–Trinajstić information content (AvgIpc) is 3.18. The largest absolute Gasteiger partial charge is 0.357 e. The lowest BCUT2D eigenvalue weighted by Crippen LogP contribution is -2.30. The Bertz CT molecular complexity index is 1280. The number of rotatable bonds is 5. The van der Waals surface area contributed by atoms with Crippen molar-refractivity contribution in [2.75, 3.05) is 31.1 Å². The number of benzene rings is 1. The smallest absolute Gasteiger partial charge is 0.130 e. The Labute approximate surface area is 207 Å². The number of hydrogen-bond acceptors (Lipinski definition) is 5. The molecule has 2 fully saturated rings. The molecule has 0 unspecified atom stereocenters. The van der Waals surface area contributed by atoms with Gasteiger partial charge in [-0.1, -0.05) is 18.9 Å². The van der Waals surface area contributed by atoms with Crippen molar-refractivity contribution in [1.29, 1.82) is 0 Å². The molecule has 35 heavy (non-hydrogen) atoms. The van der Waals surface area contributed by atoms with E-state index in [2.05, 4.69) is 50.1 Å². The van der Waals surface area contributed by atoms with Crippen LogP contribution < -0.4 is 4.90 Å². The summed E-state index contributed by atoms with van der Waals surface area (Å²) in [4.78, 5) is 14.2. The zero-order chi connectivity index (χ0) is 23.5. The van der Waals surface area contributed by atoms with Crippen LogP contribution in [-0.2, 0) is 6.54 Å². The summed E-state index contributed by atoms with van der Waals surface area (Å²) in [6.45, 7) is 5.56. The second-order valence-electron chi connectivity index (χ2n) is 10.0. The summed E-state index contributed by atoms with van der Waals surface area (Å²) in [5, 5.41) is 5.87. The molecule has 6 heteroatoms. The van der Waals surface area contributed by atoms with E-state index in [0.717, 1.165) is 42.0 Å². The van der Waals surface area contributed by atoms with Crippen molar-refractivity contribution in [3.63, 3.8) is 0 Å². The third-order valence-electron chi connectivity index (χ3n) is 7.45. The molecule has 180 valence electrons. The van der Waals surface area contributed by atoms with Gasteiger partial charge in [0, 0.05) is 55.2 Å². The third-order valence-corrected chi connectivity index (χ3v) is 7.45. The zero-order valence-electron chi connectivity index (χ0n) is 20.4. The van der Waals surface area contributed by atoms with Gasteiger partial charge in [-0.2, -0.15) is 5.10 Å². The molecule has 0 radical (unpaired) electrons. The molecular weight excluding hydrogens is 432 g/mol. The number of fused-ring (bicyclic) bond motifs is 1. The Morgan fingerprint density at radius 2 is 1.51 bits per heavy atom. The molecule has 5 heterocycles. The molecule has 0 bridgehead atoms. The van der Waals surface area contributed by atoms with Crippen LogP contribution in [0.15, 0.2) is 61.2 Å². The van der Waals surface area contributed by atoms with Crippen LogP contribution in [0.25, 0.3) is 27.7 Å². The number of pyridine rings is 2. The highest BCUT2D eigenvalue weighted by Gasteiger charge is 2.15. The van der Waals surface area contributed by atoms with Gasteiger partial charge in [0.15, 0.2) is 0 Å². The first kappa shape index (κ1) is 22.2. The van der Waals surface area contributed by atoms with Gasteiger partial charge in [-0.25, -0.2) is 9.67 Å². The standard InChI is InChI=1S/C29H34N6/c1-2-5-13-33(12-4-1)22-23-16-25(20-30-19-23)24-8-9-28-26(17-24)21-32-35(28)27-10-11-31-29(18-27)34-14-6-3-7-15-34/h8-11,16-21H,1-7,12-15,22H2. The van der Waals surface area contributed by atoms with E-state index >= 15 is 0 Å². The van der Waals surface area contributed by atoms with Crippen LogP contribution >= 0.6 is 0 Å². The van der Waals surface area contributed by atoms with Gasteiger partial charge in [0.25, 0.3) is 0 Å². The predicted octanol–water partition coefficient (Wildman–Crippen LogP) is 5.85. The molecule has 4 aromatic rings. The van der Waals surface area contributed by atoms with E-state index in [0.29, 0.717) is 0 Å². The van der Waals surface area contributed by atoms with Crippen molar-refractivity contribution in [1.82, 2.24) is 24.6 Å². The summed E-state index contributed by atoms with van der Waals surface area (Å²) >= 11 is 0. The fourth-order valence-electron chi connectivity index (χ4n) is 5.54. The number of anilines is 1. The SMILES string of the molecule is c1cc(-n2ncc3cc(-c4cncc(CN5CCCCCC5)c4)ccc32)cc(N2CCCCC2)n1. The van der Waals surface area contributed by atoms with Crippen LogP contribution in [0.5, 0.6) is 0 Å². The number of nitrogens with zero attached hydrogens (tertiary/aromatic N) is 6. The second kappa shape index (κ2) is 10.2. The average molecular weight is 467 g/mol. The summed E-state index contributed by atoms with van der Waals surface area (Å²) < 4.78 is 2.03. The molecule has 2 aliphatic rings. The van der Waals surface area contributed by atoms with Crippen LogP contribution in [0, 0.1) is 0 Å². The Kier molecular flexibility index (Phi) is 6.45. The predicted molar refractivity (Wildman–Crippen MR) is 142 cm³/mol. The van der Waals surface area contributed by atoms with E-state index in [4.69, 9.17) is 5.10 Å². The van der Waals surface area contributed by atoms with Gasteiger partial charge < -0.3 is 4.90 Å². The Morgan fingerprint density at radius 1 is 0.714 bits per heavy atom. The van der Waals surface area contributed by atoms with Crippen LogP contribution in [-0.4, -0.2) is 50.8 Å². The number of aromatic nitrogens is 4. The molecule has 6 nitrogen and oxygen atoms in total. The van der Waals surface area contributed by atoms with Crippen LogP contribution in [0.4, 0.5) is 5.82 Å². The van der Waals surface area contributed by atoms with Gasteiger partial charge in [0.1, 0.15) is 5.82 Å². The maximum Gasteiger partial charge on any atom is 0.130 e. The quantitative estimate of drug-likeness (QED) is 0.369. The summed E-state index contributed by atoms with van der Waals surface area (Å²) in [5.41, 5.74) is 5.82. The molecule has 0 aliphatic carbocycles. The molecule has 0 atom stereocenters. The molecule has 2 aliphatic heterocycles. The Hall–Kier alpha value is -3.25. The molecule has 1 aromatic carbocycles. The van der Waals surface area contributed by atoms with E-state index in [1.165, 1.54) is 74.7 Å². The van der Waals surface area contributed by atoms with Crippen molar-refractivity contribution < 1.29 is 0 Å². The summed E-state index contributed by atoms with van der Waals surface area (Å²) in [5.74, 6) is 1.05. The van der Waals surface area contributed by atoms with Gasteiger partial charge in [-0.05, 0) is 80.6 Å². The van der Waals surface area contributed by atoms with E-state index in [1.807, 2.05) is 35.5 Å². The van der Waals surface area contributed by atoms with Crippen LogP contribution in [0.2, 0.25) is 0 Å². The molecule has 0 N–H and O–H groups in total. The summed E-state index contributed by atoms with van der Waals surface area (Å²) in [7, 11) is 0. The van der Waals surface area contributed by atoms with E-state index < -0.39 is 0 Å². The molecule has 2 saturated heterocycles. The van der Waals surface area contributed by atoms with Crippen LogP contribution in [0.1, 0.15) is 50.5 Å². The minimum Gasteiger partial charge on any atom is -0.357 e. The minimum absolute atomic E-state index is 0.989. The number of piperidine rings is 1. The van der Waals surface area contributed by atoms with Crippen LogP contribution in [0.3, 0.4) is 0 Å². The van der Waals surface area contributed by atoms with E-state index in [1.54, 1.807) is 0 Å². The first-order valence-corrected chi connectivity index (χ1v) is 13.2. The maximum absolute atomic E-state index is 4.74. The van der Waals surface area contributed by atoms with Crippen molar-refractivity contribution in [2.24, 2.45) is 0 Å². The van der Waals surface area contributed by atoms with Gasteiger partial charge in [0.2, 0.25) is 0 Å². The second-order valence-corrected chi connectivity index (χ2v) is 10.0. The lowest BCUT2D eigenvalue weighted by molar-refractivity contribution is 0.277. The van der Waals surface area contributed by atoms with Crippen molar-refractivity contribution in [2.45, 2.75) is 51.5 Å². The highest BCUT2D eigenvalue weighted by molar-refractivity contribution is 5.85. The van der Waals surface area contributed by atoms with Gasteiger partial charge in [0.05, 0.1) is 17.4 Å². The number of hydrogen-bond donors (Lipinski definition) is 0. The molecule has 0 amide bonds. The molecule has 6 rings (SSSR count). The van der Waals surface area contributed by atoms with Gasteiger partial charge in [-0.3, -0.25) is 9.88 Å². The van der Waals surface area contributed by atoms with Gasteiger partial charge >= 0.3 is 0 Å². The van der Waals surface area contributed by atoms with E-state index in [-0.39, 0.29) is 0 Å². The molecule has 3 aromatic heterocycles. The minimum atomic E-state index is 0.989. The first-order valence-electron chi connectivity index (χ1n) is 13.2. The third kappa shape index (κ3) is 4.94. The molecule has 0 saturated carbocycles. The lowest BCUT2D eigenvalue weighted by atomic mass is 10.0.